The summed E-state index contributed by atoms with van der Waals surface area (Å²) in [5, 5.41) is 3.07. The van der Waals surface area contributed by atoms with Gasteiger partial charge in [-0.05, 0) is 19.1 Å². The maximum absolute atomic E-state index is 12.6. The highest BCUT2D eigenvalue weighted by Gasteiger charge is 2.21. The van der Waals surface area contributed by atoms with E-state index in [1.807, 2.05) is 24.3 Å². The SMILES string of the molecule is COc1ccccc1-c1nc(C(=O)NNC(=O)c2sc(N3CCOCC3)nc2C)cs1. The van der Waals surface area contributed by atoms with E-state index in [1.54, 1.807) is 19.4 Å². The van der Waals surface area contributed by atoms with Gasteiger partial charge in [0.2, 0.25) is 0 Å². The van der Waals surface area contributed by atoms with Crippen molar-refractivity contribution in [2.45, 2.75) is 6.92 Å². The Morgan fingerprint density at radius 1 is 1.13 bits per heavy atom. The molecule has 0 aliphatic carbocycles. The van der Waals surface area contributed by atoms with E-state index in [0.29, 0.717) is 34.5 Å². The molecule has 3 heterocycles. The van der Waals surface area contributed by atoms with Crippen molar-refractivity contribution in [3.8, 4) is 16.3 Å². The summed E-state index contributed by atoms with van der Waals surface area (Å²) in [6, 6.07) is 7.45. The molecule has 1 fully saturated rings. The number of amides is 2. The van der Waals surface area contributed by atoms with Gasteiger partial charge in [-0.2, -0.15) is 0 Å². The first-order valence-electron chi connectivity index (χ1n) is 9.56. The molecule has 0 saturated carbocycles. The lowest BCUT2D eigenvalue weighted by Crippen LogP contribution is -2.41. The van der Waals surface area contributed by atoms with Gasteiger partial charge in [0.1, 0.15) is 21.3 Å². The van der Waals surface area contributed by atoms with Crippen molar-refractivity contribution in [2.75, 3.05) is 38.3 Å². The molecular weight excluding hydrogens is 438 g/mol. The number of para-hydroxylation sites is 1. The van der Waals surface area contributed by atoms with Crippen LogP contribution in [-0.4, -0.2) is 55.2 Å². The Kier molecular flexibility index (Phi) is 6.44. The molecule has 11 heteroatoms. The third kappa shape index (κ3) is 4.68. The molecule has 1 aliphatic heterocycles. The van der Waals surface area contributed by atoms with E-state index >= 15 is 0 Å². The number of morpholine rings is 1. The van der Waals surface area contributed by atoms with E-state index in [-0.39, 0.29) is 5.69 Å². The molecule has 1 aliphatic rings. The molecule has 2 amide bonds. The maximum atomic E-state index is 12.6. The molecule has 162 valence electrons. The number of rotatable bonds is 5. The number of carbonyl (C=O) groups is 2. The van der Waals surface area contributed by atoms with E-state index in [9.17, 15) is 9.59 Å². The molecule has 1 saturated heterocycles. The number of nitrogens with zero attached hydrogens (tertiary/aromatic N) is 3. The normalized spacial score (nSPS) is 13.7. The Hall–Kier alpha value is -3.02. The standard InChI is InChI=1S/C20H21N5O4S2/c1-12-16(31-20(21-12)25-7-9-29-10-8-25)18(27)24-23-17(26)14-11-30-19(22-14)13-5-3-4-6-15(13)28-2/h3-6,11H,7-10H2,1-2H3,(H,23,26)(H,24,27). The monoisotopic (exact) mass is 459 g/mol. The fourth-order valence-electron chi connectivity index (χ4n) is 3.04. The Morgan fingerprint density at radius 3 is 2.65 bits per heavy atom. The Bertz CT molecular complexity index is 1090. The largest absolute Gasteiger partial charge is 0.496 e. The third-order valence-corrected chi connectivity index (χ3v) is 6.73. The number of ether oxygens (including phenoxy) is 2. The summed E-state index contributed by atoms with van der Waals surface area (Å²) >= 11 is 2.62. The number of thiazole rings is 2. The Balaban J connectivity index is 1.40. The summed E-state index contributed by atoms with van der Waals surface area (Å²) in [5.74, 6) is -0.238. The second-order valence-electron chi connectivity index (χ2n) is 6.66. The molecule has 3 aromatic rings. The number of hydrogen-bond acceptors (Lipinski definition) is 9. The van der Waals surface area contributed by atoms with Gasteiger partial charge in [0, 0.05) is 18.5 Å². The van der Waals surface area contributed by atoms with Gasteiger partial charge in [-0.3, -0.25) is 20.4 Å². The summed E-state index contributed by atoms with van der Waals surface area (Å²) in [7, 11) is 1.58. The van der Waals surface area contributed by atoms with Crippen LogP contribution in [0, 0.1) is 6.92 Å². The second kappa shape index (κ2) is 9.41. The summed E-state index contributed by atoms with van der Waals surface area (Å²) in [6.07, 6.45) is 0. The molecule has 0 bridgehead atoms. The van der Waals surface area contributed by atoms with Crippen molar-refractivity contribution in [1.29, 1.82) is 0 Å². The predicted molar refractivity (Wildman–Crippen MR) is 119 cm³/mol. The number of methoxy groups -OCH3 is 1. The van der Waals surface area contributed by atoms with Crippen molar-refractivity contribution in [3.63, 3.8) is 0 Å². The fraction of sp³-hybridized carbons (Fsp3) is 0.300. The molecule has 0 radical (unpaired) electrons. The number of nitrogens with one attached hydrogen (secondary N) is 2. The molecule has 0 spiro atoms. The number of carbonyl (C=O) groups excluding carboxylic acids is 2. The molecule has 0 unspecified atom stereocenters. The van der Waals surface area contributed by atoms with Gasteiger partial charge < -0.3 is 14.4 Å². The number of anilines is 1. The summed E-state index contributed by atoms with van der Waals surface area (Å²) in [4.78, 5) is 36.4. The van der Waals surface area contributed by atoms with Crippen LogP contribution in [0.15, 0.2) is 29.6 Å². The van der Waals surface area contributed by atoms with E-state index in [0.717, 1.165) is 23.8 Å². The average molecular weight is 460 g/mol. The summed E-state index contributed by atoms with van der Waals surface area (Å²) in [5.41, 5.74) is 6.51. The molecule has 0 atom stereocenters. The molecular formula is C20H21N5O4S2. The predicted octanol–water partition coefficient (Wildman–Crippen LogP) is 2.50. The molecule has 9 nitrogen and oxygen atoms in total. The lowest BCUT2D eigenvalue weighted by Gasteiger charge is -2.25. The van der Waals surface area contributed by atoms with Crippen LogP contribution in [0.2, 0.25) is 0 Å². The van der Waals surface area contributed by atoms with Crippen molar-refractivity contribution in [2.24, 2.45) is 0 Å². The third-order valence-electron chi connectivity index (χ3n) is 4.64. The zero-order valence-electron chi connectivity index (χ0n) is 17.0. The van der Waals surface area contributed by atoms with Crippen LogP contribution < -0.4 is 20.5 Å². The summed E-state index contributed by atoms with van der Waals surface area (Å²) in [6.45, 7) is 4.53. The van der Waals surface area contributed by atoms with Crippen LogP contribution >= 0.6 is 22.7 Å². The molecule has 1 aromatic carbocycles. The lowest BCUT2D eigenvalue weighted by atomic mass is 10.2. The van der Waals surface area contributed by atoms with Crippen LogP contribution in [0.25, 0.3) is 10.6 Å². The number of benzene rings is 1. The van der Waals surface area contributed by atoms with E-state index in [4.69, 9.17) is 9.47 Å². The first kappa shape index (κ1) is 21.2. The van der Waals surface area contributed by atoms with Gasteiger partial charge in [-0.25, -0.2) is 9.97 Å². The topological polar surface area (TPSA) is 106 Å². The van der Waals surface area contributed by atoms with Crippen molar-refractivity contribution in [3.05, 3.63) is 45.9 Å². The van der Waals surface area contributed by atoms with Gasteiger partial charge >= 0.3 is 0 Å². The van der Waals surface area contributed by atoms with Gasteiger partial charge in [0.25, 0.3) is 11.8 Å². The minimum Gasteiger partial charge on any atom is -0.496 e. The maximum Gasteiger partial charge on any atom is 0.289 e. The Labute approximate surface area is 187 Å². The highest BCUT2D eigenvalue weighted by molar-refractivity contribution is 7.17. The van der Waals surface area contributed by atoms with E-state index in [2.05, 4.69) is 25.7 Å². The molecule has 2 N–H and O–H groups in total. The Morgan fingerprint density at radius 2 is 1.87 bits per heavy atom. The van der Waals surface area contributed by atoms with Crippen molar-refractivity contribution in [1.82, 2.24) is 20.8 Å². The zero-order chi connectivity index (χ0) is 21.8. The minimum absolute atomic E-state index is 0.209. The number of aryl methyl sites for hydroxylation is 1. The van der Waals surface area contributed by atoms with Crippen LogP contribution in [0.5, 0.6) is 5.75 Å². The first-order chi connectivity index (χ1) is 15.1. The highest BCUT2D eigenvalue weighted by Crippen LogP contribution is 2.32. The average Bonchev–Trinajstić information content (AvgIpc) is 3.45. The van der Waals surface area contributed by atoms with Gasteiger partial charge in [0.05, 0.1) is 31.6 Å². The van der Waals surface area contributed by atoms with Crippen LogP contribution in [0.4, 0.5) is 5.13 Å². The van der Waals surface area contributed by atoms with Crippen LogP contribution in [0.3, 0.4) is 0 Å². The molecule has 31 heavy (non-hydrogen) atoms. The van der Waals surface area contributed by atoms with Gasteiger partial charge in [0.15, 0.2) is 5.13 Å². The number of aromatic nitrogens is 2. The van der Waals surface area contributed by atoms with Gasteiger partial charge in [-0.1, -0.05) is 23.5 Å². The van der Waals surface area contributed by atoms with Crippen molar-refractivity contribution >= 4 is 39.6 Å². The van der Waals surface area contributed by atoms with Crippen molar-refractivity contribution < 1.29 is 19.1 Å². The van der Waals surface area contributed by atoms with Crippen LogP contribution in [-0.2, 0) is 4.74 Å². The fourth-order valence-corrected chi connectivity index (χ4v) is 4.88. The zero-order valence-corrected chi connectivity index (χ0v) is 18.6. The smallest absolute Gasteiger partial charge is 0.289 e. The van der Waals surface area contributed by atoms with Gasteiger partial charge in [-0.15, -0.1) is 11.3 Å². The quantitative estimate of drug-likeness (QED) is 0.565. The molecule has 4 rings (SSSR count). The lowest BCUT2D eigenvalue weighted by molar-refractivity contribution is 0.0846. The van der Waals surface area contributed by atoms with Crippen LogP contribution in [0.1, 0.15) is 25.9 Å². The number of hydrogen-bond donors (Lipinski definition) is 2. The van der Waals surface area contributed by atoms with E-state index in [1.165, 1.54) is 22.7 Å². The number of hydrazine groups is 1. The molecule has 2 aromatic heterocycles. The highest BCUT2D eigenvalue weighted by atomic mass is 32.1. The summed E-state index contributed by atoms with van der Waals surface area (Å²) < 4.78 is 10.7. The second-order valence-corrected chi connectivity index (χ2v) is 8.49. The minimum atomic E-state index is -0.499. The first-order valence-corrected chi connectivity index (χ1v) is 11.3. The van der Waals surface area contributed by atoms with E-state index < -0.39 is 11.8 Å².